The fraction of sp³-hybridized carbons (Fsp3) is 0.338. The molecule has 20 nitrogen and oxygen atoms in total. The molecule has 1 atom stereocenters. The molecular formula is C65H75FeN12O8+6. The van der Waals surface area contributed by atoms with E-state index >= 15 is 0 Å². The maximum Gasteiger partial charge on any atom is 5.00 e. The van der Waals surface area contributed by atoms with Crippen LogP contribution < -0.4 is 61.9 Å². The van der Waals surface area contributed by atoms with Crippen LogP contribution in [0.3, 0.4) is 0 Å². The molecule has 0 aliphatic carbocycles. The number of pyridine rings is 4. The maximum atomic E-state index is 14.8. The first-order chi connectivity index (χ1) is 41.1. The van der Waals surface area contributed by atoms with Gasteiger partial charge in [-0.1, -0.05) is 53.0 Å². The molecule has 0 amide bonds. The van der Waals surface area contributed by atoms with Gasteiger partial charge in [0.1, 0.15) is 26.4 Å². The SMILES string of the molecule is CC1=C(CCC(=O)OCc2cc[n+](CCN)cc2)C2=NC/1=C\c1[n-]c(c(C(=O)OCc3cc[n+](CCN)cc3)c1C)/C=C1\[N-]C(C)(/C=c3\[n-]/c(c(CCC(=O)OCc4cc[n+](CCN)cc4)c3C)=C\2)C(C(=O)OCc2cc[n+](CCN)cc2)=C1C.[Fe+5]. The van der Waals surface area contributed by atoms with Gasteiger partial charge in [-0.05, 0) is 51.7 Å². The summed E-state index contributed by atoms with van der Waals surface area (Å²) in [5.41, 5.74) is 31.6. The third-order valence-corrected chi connectivity index (χ3v) is 15.4. The first-order valence-electron chi connectivity index (χ1n) is 28.7. The van der Waals surface area contributed by atoms with Crippen LogP contribution in [-0.4, -0.2) is 61.3 Å². The second-order valence-corrected chi connectivity index (χ2v) is 21.5. The largest absolute Gasteiger partial charge is 5.00 e. The summed E-state index contributed by atoms with van der Waals surface area (Å²) in [4.78, 5) is 72.1. The average molecular weight is 1210 g/mol. The van der Waals surface area contributed by atoms with E-state index in [1.165, 1.54) is 0 Å². The van der Waals surface area contributed by atoms with Crippen LogP contribution in [0.25, 0.3) is 29.6 Å². The molecule has 9 heterocycles. The number of nitrogens with two attached hydrogens (primary N) is 4. The Hall–Kier alpha value is -8.43. The molecule has 3 aliphatic heterocycles. The van der Waals surface area contributed by atoms with Crippen molar-refractivity contribution in [3.63, 3.8) is 0 Å². The molecule has 21 heteroatoms. The first-order valence-corrected chi connectivity index (χ1v) is 28.7. The molecule has 0 saturated carbocycles. The Kier molecular flexibility index (Phi) is 21.5. The molecular weight excluding hydrogens is 1130 g/mol. The van der Waals surface area contributed by atoms with Gasteiger partial charge in [-0.3, -0.25) is 9.59 Å². The minimum absolute atomic E-state index is 0. The summed E-state index contributed by atoms with van der Waals surface area (Å²) >= 11 is 0. The summed E-state index contributed by atoms with van der Waals surface area (Å²) in [6.45, 7) is 14.0. The van der Waals surface area contributed by atoms with Gasteiger partial charge in [-0.15, -0.1) is 33.9 Å². The van der Waals surface area contributed by atoms with E-state index < -0.39 is 29.4 Å². The fourth-order valence-corrected chi connectivity index (χ4v) is 10.6. The monoisotopic (exact) mass is 1210 g/mol. The number of hydrogen-bond donors (Lipinski definition) is 4. The average Bonchev–Trinajstić information content (AvgIpc) is 2.33. The molecule has 445 valence electrons. The number of hydrogen-bond acceptors (Lipinski definition) is 13. The van der Waals surface area contributed by atoms with Crippen LogP contribution in [-0.2, 0) is 109 Å². The third kappa shape index (κ3) is 15.3. The topological polar surface area (TPSA) is 279 Å². The Balaban J connectivity index is 0.00000961. The van der Waals surface area contributed by atoms with Gasteiger partial charge >= 0.3 is 40.9 Å². The number of carbonyl (C=O) groups excluding carboxylic acids is 4. The number of fused-ring (bicyclic) bond motifs is 7. The molecule has 86 heavy (non-hydrogen) atoms. The minimum atomic E-state index is -1.38. The number of nitrogens with zero attached hydrogens (tertiary/aromatic N) is 8. The Morgan fingerprint density at radius 2 is 0.988 bits per heavy atom. The summed E-state index contributed by atoms with van der Waals surface area (Å²) in [5, 5.41) is 6.32. The number of esters is 4. The number of carbonyl (C=O) groups is 4. The summed E-state index contributed by atoms with van der Waals surface area (Å²) in [6, 6.07) is 15.1. The van der Waals surface area contributed by atoms with E-state index in [4.69, 9.17) is 62.2 Å². The molecule has 0 saturated heterocycles. The molecule has 1 radical (unpaired) electrons. The number of allylic oxidation sites excluding steroid dienone is 3. The van der Waals surface area contributed by atoms with Crippen molar-refractivity contribution in [2.24, 2.45) is 27.9 Å². The summed E-state index contributed by atoms with van der Waals surface area (Å²) in [7, 11) is 0. The van der Waals surface area contributed by atoms with E-state index in [1.54, 1.807) is 19.9 Å². The van der Waals surface area contributed by atoms with Crippen molar-refractivity contribution in [1.29, 1.82) is 0 Å². The fourth-order valence-electron chi connectivity index (χ4n) is 10.6. The standard InChI is InChI=1S/C65H75N12O8.Fe/c1-42-50(6-8-59(78)82-38-46-10-22-74(23-11-46)30-18-66)55-36-56-51(7-9-60(79)83-39-47-12-24-75(25-13-47)31-19-67)43(2)58(72-56)37-65(5)62(64(81)85-41-49-16-28-77(29-17-49)33-21-69)45(4)54(73-65)35-57-61(44(3)53(71-57)34-52(42)70-55)63(80)84-40-48-14-26-76(27-15-48)32-20-68;/h10-17,22-29,34-37H,6-9,18-21,30-33,38-41,66-69H2,1-5H3;/q+1;+5/b58-37-;. The van der Waals surface area contributed by atoms with E-state index in [0.29, 0.717) is 97.0 Å². The predicted octanol–water partition coefficient (Wildman–Crippen LogP) is 2.69. The quantitative estimate of drug-likeness (QED) is 0.0294. The van der Waals surface area contributed by atoms with Gasteiger partial charge in [0.15, 0.2) is 75.8 Å². The zero-order valence-electron chi connectivity index (χ0n) is 49.4. The normalized spacial score (nSPS) is 17.2. The first kappa shape index (κ1) is 63.6. The Morgan fingerprint density at radius 1 is 0.535 bits per heavy atom. The Labute approximate surface area is 511 Å². The van der Waals surface area contributed by atoms with E-state index in [0.717, 1.165) is 44.5 Å². The Bertz CT molecular complexity index is 3770. The second-order valence-electron chi connectivity index (χ2n) is 21.5. The molecule has 8 bridgehead atoms. The molecule has 1 unspecified atom stereocenters. The van der Waals surface area contributed by atoms with Crippen molar-refractivity contribution in [2.45, 2.75) is 118 Å². The summed E-state index contributed by atoms with van der Waals surface area (Å²) < 4.78 is 31.6. The molecule has 0 spiro atoms. The van der Waals surface area contributed by atoms with E-state index in [2.05, 4.69) is 0 Å². The smallest absolute Gasteiger partial charge is 0.672 e. The van der Waals surface area contributed by atoms with Crippen LogP contribution in [0.5, 0.6) is 0 Å². The molecule has 0 aromatic carbocycles. The van der Waals surface area contributed by atoms with Crippen LogP contribution >= 0.6 is 0 Å². The van der Waals surface area contributed by atoms with Gasteiger partial charge < -0.3 is 57.2 Å². The van der Waals surface area contributed by atoms with Gasteiger partial charge in [-0.25, -0.2) is 32.8 Å². The molecule has 9 rings (SSSR count). The van der Waals surface area contributed by atoms with Gasteiger partial charge in [-0.2, -0.15) is 0 Å². The number of aromatic nitrogens is 6. The van der Waals surface area contributed by atoms with Crippen molar-refractivity contribution in [1.82, 2.24) is 9.97 Å². The second kappa shape index (κ2) is 29.1. The van der Waals surface area contributed by atoms with Crippen LogP contribution in [0.15, 0.2) is 137 Å². The Morgan fingerprint density at radius 3 is 1.47 bits per heavy atom. The van der Waals surface area contributed by atoms with Crippen molar-refractivity contribution >= 4 is 53.9 Å². The van der Waals surface area contributed by atoms with E-state index in [9.17, 15) is 19.2 Å². The number of rotatable bonds is 24. The summed E-state index contributed by atoms with van der Waals surface area (Å²) in [5.74, 6) is -2.02. The molecule has 0 fully saturated rings. The zero-order chi connectivity index (χ0) is 60.2. The van der Waals surface area contributed by atoms with Crippen molar-refractivity contribution in [3.8, 4) is 0 Å². The van der Waals surface area contributed by atoms with E-state index in [1.807, 2.05) is 155 Å². The third-order valence-electron chi connectivity index (χ3n) is 15.4. The number of aliphatic imine (C=N–C) groups is 1. The van der Waals surface area contributed by atoms with E-state index in [-0.39, 0.29) is 86.0 Å². The summed E-state index contributed by atoms with van der Waals surface area (Å²) in [6.07, 6.45) is 22.9. The van der Waals surface area contributed by atoms with Crippen molar-refractivity contribution in [2.75, 3.05) is 26.2 Å². The van der Waals surface area contributed by atoms with Gasteiger partial charge in [0.05, 0.1) is 37.6 Å². The van der Waals surface area contributed by atoms with Gasteiger partial charge in [0.2, 0.25) is 0 Å². The van der Waals surface area contributed by atoms with Crippen LogP contribution in [0, 0.1) is 13.8 Å². The molecule has 3 aliphatic rings. The molecule has 8 N–H and O–H groups in total. The minimum Gasteiger partial charge on any atom is -0.672 e. The van der Waals surface area contributed by atoms with Crippen LogP contribution in [0.4, 0.5) is 0 Å². The maximum absolute atomic E-state index is 14.8. The van der Waals surface area contributed by atoms with Gasteiger partial charge in [0, 0.05) is 94.8 Å². The van der Waals surface area contributed by atoms with Gasteiger partial charge in [0.25, 0.3) is 0 Å². The zero-order valence-corrected chi connectivity index (χ0v) is 50.5. The van der Waals surface area contributed by atoms with Crippen molar-refractivity contribution < 1.29 is 73.5 Å². The van der Waals surface area contributed by atoms with Crippen LogP contribution in [0.2, 0.25) is 0 Å². The van der Waals surface area contributed by atoms with Crippen molar-refractivity contribution in [3.05, 3.63) is 204 Å². The number of ether oxygens (including phenoxy) is 4. The molecule has 6 aromatic rings. The predicted molar refractivity (Wildman–Crippen MR) is 317 cm³/mol. The van der Waals surface area contributed by atoms with Crippen LogP contribution in [0.1, 0.15) is 101 Å². The molecule has 6 aromatic heterocycles.